The van der Waals surface area contributed by atoms with E-state index in [2.05, 4.69) is 22.3 Å². The zero-order valence-electron chi connectivity index (χ0n) is 21.5. The number of benzene rings is 2. The molecule has 1 amide bonds. The van der Waals surface area contributed by atoms with E-state index in [1.165, 1.54) is 37.3 Å². The summed E-state index contributed by atoms with van der Waals surface area (Å²) in [4.78, 5) is 14.9. The Hall–Kier alpha value is -2.43. The van der Waals surface area contributed by atoms with Crippen LogP contribution in [0.1, 0.15) is 67.3 Å². The predicted octanol–water partition coefficient (Wildman–Crippen LogP) is 4.66. The van der Waals surface area contributed by atoms with Crippen LogP contribution in [-0.4, -0.2) is 49.3 Å². The summed E-state index contributed by atoms with van der Waals surface area (Å²) in [6, 6.07) is 9.51. The lowest BCUT2D eigenvalue weighted by Gasteiger charge is -2.30. The first-order chi connectivity index (χ1) is 17.9. The van der Waals surface area contributed by atoms with Crippen molar-refractivity contribution in [2.24, 2.45) is 5.92 Å². The highest BCUT2D eigenvalue weighted by molar-refractivity contribution is 7.91. The summed E-state index contributed by atoms with van der Waals surface area (Å²) < 4.78 is 64.6. The van der Waals surface area contributed by atoms with Gasteiger partial charge in [-0.3, -0.25) is 9.69 Å². The number of aryl methyl sites for hydroxylation is 1. The normalized spacial score (nSPS) is 20.4. The van der Waals surface area contributed by atoms with Crippen molar-refractivity contribution in [1.82, 2.24) is 10.2 Å². The third-order valence-electron chi connectivity index (χ3n) is 7.50. The van der Waals surface area contributed by atoms with Crippen LogP contribution in [0.5, 0.6) is 0 Å². The topological polar surface area (TPSA) is 86.7 Å². The number of piperidine rings is 1. The van der Waals surface area contributed by atoms with E-state index in [0.717, 1.165) is 56.2 Å². The number of rotatable bonds is 8. The standard InChI is InChI=1S/C28H35F3N2O4S/c1-19(18-38(36,37)23-9-6-8-22(16-23)28(29,30)31)26(34)27(35)32-25-10-5-7-21-15-20(11-12-24(21)25)17-33-13-3-2-4-14-33/h6,8-9,11-12,15-16,19,25-26,34H,2-5,7,10,13-14,17-18H2,1H3,(H,32,35)/t19-,25-,26-/m1/s1. The highest BCUT2D eigenvalue weighted by Crippen LogP contribution is 2.32. The molecule has 3 atom stereocenters. The first-order valence-corrected chi connectivity index (χ1v) is 14.8. The van der Waals surface area contributed by atoms with Crippen LogP contribution in [0.2, 0.25) is 0 Å². The zero-order chi connectivity index (χ0) is 27.5. The van der Waals surface area contributed by atoms with Gasteiger partial charge in [0.15, 0.2) is 9.84 Å². The Morgan fingerprint density at radius 1 is 1.11 bits per heavy atom. The van der Waals surface area contributed by atoms with Crippen LogP contribution in [0.15, 0.2) is 47.4 Å². The molecule has 0 bridgehead atoms. The van der Waals surface area contributed by atoms with Crippen LogP contribution < -0.4 is 5.32 Å². The minimum Gasteiger partial charge on any atom is -0.383 e. The van der Waals surface area contributed by atoms with Crippen LogP contribution in [0.3, 0.4) is 0 Å². The lowest BCUT2D eigenvalue weighted by molar-refractivity contribution is -0.137. The van der Waals surface area contributed by atoms with E-state index in [-0.39, 0.29) is 6.04 Å². The van der Waals surface area contributed by atoms with Gasteiger partial charge in [-0.1, -0.05) is 37.6 Å². The molecule has 0 aromatic heterocycles. The smallest absolute Gasteiger partial charge is 0.383 e. The summed E-state index contributed by atoms with van der Waals surface area (Å²) in [7, 11) is -4.16. The van der Waals surface area contributed by atoms with Crippen LogP contribution >= 0.6 is 0 Å². The molecule has 1 heterocycles. The molecule has 38 heavy (non-hydrogen) atoms. The van der Waals surface area contributed by atoms with Gasteiger partial charge in [-0.05, 0) is 80.1 Å². The Balaban J connectivity index is 1.39. The summed E-state index contributed by atoms with van der Waals surface area (Å²) >= 11 is 0. The molecule has 10 heteroatoms. The van der Waals surface area contributed by atoms with E-state index >= 15 is 0 Å². The summed E-state index contributed by atoms with van der Waals surface area (Å²) in [6.07, 6.45) is -0.0927. The lowest BCUT2D eigenvalue weighted by Crippen LogP contribution is -2.43. The highest BCUT2D eigenvalue weighted by atomic mass is 32.2. The first kappa shape index (κ1) is 28.6. The number of amides is 1. The number of carbonyl (C=O) groups is 1. The fraction of sp³-hybridized carbons (Fsp3) is 0.536. The van der Waals surface area contributed by atoms with Gasteiger partial charge in [0.1, 0.15) is 6.10 Å². The maximum absolute atomic E-state index is 13.0. The number of aliphatic hydroxyl groups excluding tert-OH is 1. The number of sulfone groups is 1. The van der Waals surface area contributed by atoms with E-state index in [1.54, 1.807) is 0 Å². The summed E-state index contributed by atoms with van der Waals surface area (Å²) in [5, 5.41) is 13.5. The second-order valence-corrected chi connectivity index (χ2v) is 12.6. The van der Waals surface area contributed by atoms with E-state index in [4.69, 9.17) is 0 Å². The molecule has 0 radical (unpaired) electrons. The van der Waals surface area contributed by atoms with Crippen molar-refractivity contribution in [1.29, 1.82) is 0 Å². The van der Waals surface area contributed by atoms with Gasteiger partial charge in [0.25, 0.3) is 0 Å². The number of fused-ring (bicyclic) bond motifs is 1. The largest absolute Gasteiger partial charge is 0.416 e. The number of carbonyl (C=O) groups excluding carboxylic acids is 1. The minimum absolute atomic E-state index is 0.294. The fourth-order valence-electron chi connectivity index (χ4n) is 5.41. The quantitative estimate of drug-likeness (QED) is 0.498. The third kappa shape index (κ3) is 6.95. The Kier molecular flexibility index (Phi) is 8.84. The molecule has 0 unspecified atom stereocenters. The second kappa shape index (κ2) is 11.8. The fourth-order valence-corrected chi connectivity index (χ4v) is 7.07. The van der Waals surface area contributed by atoms with Crippen molar-refractivity contribution in [3.63, 3.8) is 0 Å². The van der Waals surface area contributed by atoms with Crippen LogP contribution in [0.4, 0.5) is 13.2 Å². The minimum atomic E-state index is -4.68. The van der Waals surface area contributed by atoms with Crippen LogP contribution in [0, 0.1) is 5.92 Å². The Morgan fingerprint density at radius 3 is 2.55 bits per heavy atom. The van der Waals surface area contributed by atoms with E-state index in [1.807, 2.05) is 6.07 Å². The second-order valence-electron chi connectivity index (χ2n) is 10.6. The lowest BCUT2D eigenvalue weighted by atomic mass is 9.86. The van der Waals surface area contributed by atoms with E-state index < -0.39 is 50.2 Å². The third-order valence-corrected chi connectivity index (χ3v) is 9.44. The van der Waals surface area contributed by atoms with Gasteiger partial charge < -0.3 is 10.4 Å². The number of halogens is 3. The van der Waals surface area contributed by atoms with E-state index in [9.17, 15) is 31.5 Å². The van der Waals surface area contributed by atoms with Gasteiger partial charge in [-0.2, -0.15) is 13.2 Å². The molecule has 4 rings (SSSR count). The molecule has 1 aliphatic carbocycles. The molecule has 1 saturated heterocycles. The Labute approximate surface area is 222 Å². The zero-order valence-corrected chi connectivity index (χ0v) is 22.3. The number of likely N-dealkylation sites (tertiary alicyclic amines) is 1. The van der Waals surface area contributed by atoms with Crippen molar-refractivity contribution in [2.75, 3.05) is 18.8 Å². The molecule has 2 aromatic carbocycles. The number of alkyl halides is 3. The maximum atomic E-state index is 13.0. The number of nitrogens with zero attached hydrogens (tertiary/aromatic N) is 1. The molecule has 2 N–H and O–H groups in total. The van der Waals surface area contributed by atoms with Gasteiger partial charge in [-0.15, -0.1) is 0 Å². The molecular formula is C28H35F3N2O4S. The van der Waals surface area contributed by atoms with Crippen molar-refractivity contribution in [3.8, 4) is 0 Å². The molecule has 6 nitrogen and oxygen atoms in total. The van der Waals surface area contributed by atoms with Crippen molar-refractivity contribution < 1.29 is 31.5 Å². The average Bonchev–Trinajstić information content (AvgIpc) is 2.88. The molecule has 208 valence electrons. The summed E-state index contributed by atoms with van der Waals surface area (Å²) in [5.41, 5.74) is 2.35. The first-order valence-electron chi connectivity index (χ1n) is 13.2. The number of hydrogen-bond donors (Lipinski definition) is 2. The van der Waals surface area contributed by atoms with Gasteiger partial charge in [0.05, 0.1) is 22.3 Å². The predicted molar refractivity (Wildman–Crippen MR) is 138 cm³/mol. The highest BCUT2D eigenvalue weighted by Gasteiger charge is 2.34. The maximum Gasteiger partial charge on any atom is 0.416 e. The monoisotopic (exact) mass is 552 g/mol. The van der Waals surface area contributed by atoms with Crippen LogP contribution in [0.25, 0.3) is 0 Å². The van der Waals surface area contributed by atoms with Crippen molar-refractivity contribution >= 4 is 15.7 Å². The molecule has 0 saturated carbocycles. The van der Waals surface area contributed by atoms with Gasteiger partial charge >= 0.3 is 6.18 Å². The molecule has 2 aromatic rings. The Morgan fingerprint density at radius 2 is 1.84 bits per heavy atom. The van der Waals surface area contributed by atoms with Gasteiger partial charge in [0, 0.05) is 12.5 Å². The summed E-state index contributed by atoms with van der Waals surface area (Å²) in [5.74, 6) is -2.37. The number of nitrogens with one attached hydrogen (secondary N) is 1. The average molecular weight is 553 g/mol. The van der Waals surface area contributed by atoms with Crippen LogP contribution in [-0.2, 0) is 33.8 Å². The summed E-state index contributed by atoms with van der Waals surface area (Å²) in [6.45, 7) is 4.52. The number of aliphatic hydroxyl groups is 1. The molecule has 0 spiro atoms. The molecule has 1 aliphatic heterocycles. The molecular weight excluding hydrogens is 517 g/mol. The van der Waals surface area contributed by atoms with E-state index in [0.29, 0.717) is 12.5 Å². The molecule has 2 aliphatic rings. The number of hydrogen-bond acceptors (Lipinski definition) is 5. The SMILES string of the molecule is C[C@H](CS(=O)(=O)c1cccc(C(F)(F)F)c1)[C@@H](O)C(=O)N[C@@H]1CCCc2cc(CN3CCCCC3)ccc21. The van der Waals surface area contributed by atoms with Crippen molar-refractivity contribution in [3.05, 3.63) is 64.7 Å². The molecule has 1 fully saturated rings. The van der Waals surface area contributed by atoms with Crippen molar-refractivity contribution in [2.45, 2.75) is 75.2 Å². The Bertz CT molecular complexity index is 1240. The van der Waals surface area contributed by atoms with Gasteiger partial charge in [0.2, 0.25) is 5.91 Å². The van der Waals surface area contributed by atoms with Gasteiger partial charge in [-0.25, -0.2) is 8.42 Å².